The van der Waals surface area contributed by atoms with E-state index >= 15 is 0 Å². The van der Waals surface area contributed by atoms with Gasteiger partial charge in [0.25, 0.3) is 11.8 Å². The lowest BCUT2D eigenvalue weighted by molar-refractivity contribution is -0.118. The second kappa shape index (κ2) is 10.2. The number of hydrogen-bond acceptors (Lipinski definition) is 3. The van der Waals surface area contributed by atoms with Crippen LogP contribution < -0.4 is 15.4 Å². The molecule has 7 heteroatoms. The third-order valence-electron chi connectivity index (χ3n) is 5.22. The molecule has 0 unspecified atom stereocenters. The van der Waals surface area contributed by atoms with Crippen LogP contribution in [0.2, 0.25) is 10.0 Å². The van der Waals surface area contributed by atoms with E-state index in [-0.39, 0.29) is 24.5 Å². The third kappa shape index (κ3) is 5.89. The monoisotopic (exact) mass is 448 g/mol. The molecule has 2 amide bonds. The van der Waals surface area contributed by atoms with Crippen LogP contribution >= 0.6 is 23.2 Å². The van der Waals surface area contributed by atoms with E-state index in [0.717, 1.165) is 36.8 Å². The van der Waals surface area contributed by atoms with Crippen LogP contribution in [0.3, 0.4) is 0 Å². The predicted molar refractivity (Wildman–Crippen MR) is 121 cm³/mol. The van der Waals surface area contributed by atoms with Crippen LogP contribution in [0.5, 0.6) is 5.75 Å². The summed E-state index contributed by atoms with van der Waals surface area (Å²) in [6.07, 6.45) is 5.44. The Morgan fingerprint density at radius 1 is 1.03 bits per heavy atom. The molecule has 1 aliphatic carbocycles. The van der Waals surface area contributed by atoms with Crippen molar-refractivity contribution in [2.24, 2.45) is 0 Å². The highest BCUT2D eigenvalue weighted by molar-refractivity contribution is 6.34. The summed E-state index contributed by atoms with van der Waals surface area (Å²) in [5.41, 5.74) is 2.62. The van der Waals surface area contributed by atoms with Crippen LogP contribution in [0.1, 0.15) is 53.6 Å². The van der Waals surface area contributed by atoms with Crippen molar-refractivity contribution in [3.8, 4) is 5.75 Å². The summed E-state index contributed by atoms with van der Waals surface area (Å²) in [5.74, 6) is 0.0285. The van der Waals surface area contributed by atoms with Crippen molar-refractivity contribution >= 4 is 40.7 Å². The lowest BCUT2D eigenvalue weighted by Crippen LogP contribution is -2.36. The molecular weight excluding hydrogens is 423 g/mol. The number of carbonyl (C=O) groups is 2. The maximum absolute atomic E-state index is 12.6. The van der Waals surface area contributed by atoms with Gasteiger partial charge in [-0.3, -0.25) is 9.59 Å². The number of halogens is 2. The molecule has 0 bridgehead atoms. The van der Waals surface area contributed by atoms with Crippen molar-refractivity contribution in [3.63, 3.8) is 0 Å². The van der Waals surface area contributed by atoms with E-state index in [2.05, 4.69) is 10.6 Å². The van der Waals surface area contributed by atoms with E-state index in [1.165, 1.54) is 6.42 Å². The molecule has 0 aliphatic heterocycles. The molecule has 2 N–H and O–H groups in total. The van der Waals surface area contributed by atoms with Crippen molar-refractivity contribution in [1.82, 2.24) is 5.32 Å². The SMILES string of the molecule is Cc1cc(OCC(=O)Nc2ccc(Cl)c(C(=O)NC3CCCCC3)c2)cc(C)c1Cl. The smallest absolute Gasteiger partial charge is 0.262 e. The molecule has 3 rings (SSSR count). The summed E-state index contributed by atoms with van der Waals surface area (Å²) in [4.78, 5) is 24.9. The van der Waals surface area contributed by atoms with Gasteiger partial charge in [0.1, 0.15) is 5.75 Å². The average Bonchev–Trinajstić information content (AvgIpc) is 2.72. The Morgan fingerprint density at radius 2 is 1.70 bits per heavy atom. The first-order valence-electron chi connectivity index (χ1n) is 10.1. The fraction of sp³-hybridized carbons (Fsp3) is 0.391. The van der Waals surface area contributed by atoms with Gasteiger partial charge in [-0.2, -0.15) is 0 Å². The van der Waals surface area contributed by atoms with E-state index in [1.807, 2.05) is 13.8 Å². The second-order valence-electron chi connectivity index (χ2n) is 7.71. The molecule has 160 valence electrons. The van der Waals surface area contributed by atoms with Crippen LogP contribution in [0.15, 0.2) is 30.3 Å². The molecule has 0 spiro atoms. The Balaban J connectivity index is 1.60. The number of benzene rings is 2. The number of carbonyl (C=O) groups excluding carboxylic acids is 2. The van der Waals surface area contributed by atoms with E-state index in [9.17, 15) is 9.59 Å². The molecule has 0 atom stereocenters. The van der Waals surface area contributed by atoms with Crippen molar-refractivity contribution < 1.29 is 14.3 Å². The Labute approximate surface area is 187 Å². The van der Waals surface area contributed by atoms with Crippen molar-refractivity contribution in [2.75, 3.05) is 11.9 Å². The second-order valence-corrected chi connectivity index (χ2v) is 8.50. The first-order chi connectivity index (χ1) is 14.3. The molecule has 30 heavy (non-hydrogen) atoms. The van der Waals surface area contributed by atoms with Crippen LogP contribution in [0.25, 0.3) is 0 Å². The minimum absolute atomic E-state index is 0.160. The van der Waals surface area contributed by atoms with Gasteiger partial charge in [-0.25, -0.2) is 0 Å². The molecule has 2 aromatic rings. The first-order valence-corrected chi connectivity index (χ1v) is 10.9. The summed E-state index contributed by atoms with van der Waals surface area (Å²) in [6, 6.07) is 8.63. The number of ether oxygens (including phenoxy) is 1. The molecule has 1 saturated carbocycles. The topological polar surface area (TPSA) is 67.4 Å². The Morgan fingerprint density at radius 3 is 2.37 bits per heavy atom. The van der Waals surface area contributed by atoms with Gasteiger partial charge in [-0.15, -0.1) is 0 Å². The van der Waals surface area contributed by atoms with Gasteiger partial charge in [0, 0.05) is 16.8 Å². The highest BCUT2D eigenvalue weighted by atomic mass is 35.5. The largest absolute Gasteiger partial charge is 0.484 e. The molecule has 0 saturated heterocycles. The molecule has 2 aromatic carbocycles. The number of nitrogens with one attached hydrogen (secondary N) is 2. The van der Waals surface area contributed by atoms with Crippen LogP contribution in [-0.4, -0.2) is 24.5 Å². The van der Waals surface area contributed by atoms with Crippen molar-refractivity contribution in [2.45, 2.75) is 52.0 Å². The van der Waals surface area contributed by atoms with Gasteiger partial charge >= 0.3 is 0 Å². The van der Waals surface area contributed by atoms with Gasteiger partial charge in [-0.1, -0.05) is 42.5 Å². The zero-order valence-corrected chi connectivity index (χ0v) is 18.7. The fourth-order valence-corrected chi connectivity index (χ4v) is 3.94. The minimum Gasteiger partial charge on any atom is -0.484 e. The first kappa shape index (κ1) is 22.4. The number of amides is 2. The number of anilines is 1. The van der Waals surface area contributed by atoms with Gasteiger partial charge in [0.15, 0.2) is 6.61 Å². The Bertz CT molecular complexity index is 917. The minimum atomic E-state index is -0.332. The van der Waals surface area contributed by atoms with Crippen LogP contribution in [0.4, 0.5) is 5.69 Å². The van der Waals surface area contributed by atoms with Crippen LogP contribution in [-0.2, 0) is 4.79 Å². The van der Waals surface area contributed by atoms with Crippen molar-refractivity contribution in [3.05, 3.63) is 57.1 Å². The summed E-state index contributed by atoms with van der Waals surface area (Å²) in [7, 11) is 0. The summed E-state index contributed by atoms with van der Waals surface area (Å²) < 4.78 is 5.58. The quantitative estimate of drug-likeness (QED) is 0.596. The molecule has 0 heterocycles. The molecule has 5 nitrogen and oxygen atoms in total. The maximum atomic E-state index is 12.6. The normalized spacial score (nSPS) is 14.3. The zero-order chi connectivity index (χ0) is 21.7. The molecular formula is C23H26Cl2N2O3. The molecule has 1 fully saturated rings. The highest BCUT2D eigenvalue weighted by Gasteiger charge is 2.19. The average molecular weight is 449 g/mol. The third-order valence-corrected chi connectivity index (χ3v) is 6.14. The fourth-order valence-electron chi connectivity index (χ4n) is 3.62. The lowest BCUT2D eigenvalue weighted by Gasteiger charge is -2.23. The van der Waals surface area contributed by atoms with Crippen LogP contribution in [0, 0.1) is 13.8 Å². The van der Waals surface area contributed by atoms with E-state index in [0.29, 0.717) is 27.0 Å². The zero-order valence-electron chi connectivity index (χ0n) is 17.2. The van der Waals surface area contributed by atoms with Crippen molar-refractivity contribution in [1.29, 1.82) is 0 Å². The summed E-state index contributed by atoms with van der Waals surface area (Å²) >= 11 is 12.4. The Kier molecular flexibility index (Phi) is 7.62. The summed E-state index contributed by atoms with van der Waals surface area (Å²) in [5, 5.41) is 6.84. The van der Waals surface area contributed by atoms with Gasteiger partial charge in [0.05, 0.1) is 10.6 Å². The Hall–Kier alpha value is -2.24. The summed E-state index contributed by atoms with van der Waals surface area (Å²) in [6.45, 7) is 3.61. The lowest BCUT2D eigenvalue weighted by atomic mass is 9.95. The van der Waals surface area contributed by atoms with E-state index in [1.54, 1.807) is 30.3 Å². The van der Waals surface area contributed by atoms with Gasteiger partial charge < -0.3 is 15.4 Å². The number of hydrogen-bond donors (Lipinski definition) is 2. The number of aryl methyl sites for hydroxylation is 2. The highest BCUT2D eigenvalue weighted by Crippen LogP contribution is 2.26. The molecule has 0 aromatic heterocycles. The number of rotatable bonds is 6. The standard InChI is InChI=1S/C23H26Cl2N2O3/c1-14-10-18(11-15(2)22(14)25)30-13-21(28)26-17-8-9-20(24)19(12-17)23(29)27-16-6-4-3-5-7-16/h8-12,16H,3-7,13H2,1-2H3,(H,26,28)(H,27,29). The maximum Gasteiger partial charge on any atom is 0.262 e. The predicted octanol–water partition coefficient (Wildman–Crippen LogP) is 5.69. The van der Waals surface area contributed by atoms with E-state index < -0.39 is 0 Å². The van der Waals surface area contributed by atoms with E-state index in [4.69, 9.17) is 27.9 Å². The molecule has 1 aliphatic rings. The van der Waals surface area contributed by atoms with Gasteiger partial charge in [-0.05, 0) is 68.1 Å². The van der Waals surface area contributed by atoms with Gasteiger partial charge in [0.2, 0.25) is 0 Å². The molecule has 0 radical (unpaired) electrons.